The van der Waals surface area contributed by atoms with Gasteiger partial charge in [-0.05, 0) is 29.8 Å². The van der Waals surface area contributed by atoms with Gasteiger partial charge in [0, 0.05) is 23.9 Å². The highest BCUT2D eigenvalue weighted by Gasteiger charge is 2.08. The van der Waals surface area contributed by atoms with E-state index in [9.17, 15) is 13.6 Å². The van der Waals surface area contributed by atoms with Crippen LogP contribution in [0, 0.1) is 11.3 Å². The Kier molecular flexibility index (Phi) is 4.99. The molecule has 2 aromatic heterocycles. The maximum Gasteiger partial charge on any atom is 0.388 e. The molecule has 0 atom stereocenters. The van der Waals surface area contributed by atoms with Gasteiger partial charge in [0.15, 0.2) is 0 Å². The molecule has 0 amide bonds. The molecule has 0 N–H and O–H groups in total. The number of pyridine rings is 1. The van der Waals surface area contributed by atoms with Gasteiger partial charge in [0.2, 0.25) is 5.88 Å². The second-order valence-electron chi connectivity index (χ2n) is 5.29. The van der Waals surface area contributed by atoms with Gasteiger partial charge in [-0.2, -0.15) is 19.1 Å². The second kappa shape index (κ2) is 7.53. The maximum absolute atomic E-state index is 12.2. The lowest BCUT2D eigenvalue weighted by molar-refractivity contribution is -0.0528. The van der Waals surface area contributed by atoms with Crippen LogP contribution >= 0.6 is 0 Å². The van der Waals surface area contributed by atoms with Crippen molar-refractivity contribution in [2.75, 3.05) is 0 Å². The Bertz CT molecular complexity index is 1010. The quantitative estimate of drug-likeness (QED) is 0.704. The van der Waals surface area contributed by atoms with E-state index in [0.717, 1.165) is 5.56 Å². The number of hydrogen-bond acceptors (Lipinski definition) is 5. The Hall–Kier alpha value is -3.60. The summed E-state index contributed by atoms with van der Waals surface area (Å²) in [5.41, 5.74) is 1.95. The Labute approximate surface area is 146 Å². The zero-order valence-corrected chi connectivity index (χ0v) is 13.3. The Morgan fingerprint density at radius 1 is 1.19 bits per heavy atom. The first-order valence-corrected chi connectivity index (χ1v) is 7.53. The van der Waals surface area contributed by atoms with Crippen molar-refractivity contribution in [2.45, 2.75) is 13.2 Å². The summed E-state index contributed by atoms with van der Waals surface area (Å²) >= 11 is 0. The summed E-state index contributed by atoms with van der Waals surface area (Å²) in [7, 11) is 0. The Morgan fingerprint density at radius 2 is 2.04 bits per heavy atom. The van der Waals surface area contributed by atoms with Crippen LogP contribution in [0.25, 0.3) is 11.3 Å². The van der Waals surface area contributed by atoms with Gasteiger partial charge in [0.1, 0.15) is 0 Å². The van der Waals surface area contributed by atoms with E-state index < -0.39 is 6.61 Å². The molecule has 0 radical (unpaired) electrons. The largest absolute Gasteiger partial charge is 0.417 e. The molecule has 1 aromatic carbocycles. The number of nitriles is 1. The molecule has 0 aliphatic heterocycles. The normalized spacial score (nSPS) is 10.5. The zero-order valence-electron chi connectivity index (χ0n) is 13.3. The van der Waals surface area contributed by atoms with E-state index >= 15 is 0 Å². The van der Waals surface area contributed by atoms with E-state index in [0.29, 0.717) is 16.8 Å². The summed E-state index contributed by atoms with van der Waals surface area (Å²) in [4.78, 5) is 15.8. The summed E-state index contributed by atoms with van der Waals surface area (Å²) in [6.07, 6.45) is 1.34. The lowest BCUT2D eigenvalue weighted by Gasteiger charge is -2.08. The first-order chi connectivity index (χ1) is 12.5. The molecule has 26 heavy (non-hydrogen) atoms. The molecule has 130 valence electrons. The fourth-order valence-electron chi connectivity index (χ4n) is 2.32. The van der Waals surface area contributed by atoms with E-state index in [1.807, 2.05) is 6.07 Å². The first kappa shape index (κ1) is 17.2. The van der Waals surface area contributed by atoms with Crippen LogP contribution in [0.2, 0.25) is 0 Å². The van der Waals surface area contributed by atoms with Gasteiger partial charge in [-0.25, -0.2) is 9.67 Å². The zero-order chi connectivity index (χ0) is 18.5. The predicted molar refractivity (Wildman–Crippen MR) is 88.6 cm³/mol. The van der Waals surface area contributed by atoms with Gasteiger partial charge >= 0.3 is 6.61 Å². The average Bonchev–Trinajstić information content (AvgIpc) is 2.64. The van der Waals surface area contributed by atoms with Gasteiger partial charge < -0.3 is 4.74 Å². The van der Waals surface area contributed by atoms with Crippen LogP contribution in [0.15, 0.2) is 59.5 Å². The Morgan fingerprint density at radius 3 is 2.73 bits per heavy atom. The van der Waals surface area contributed by atoms with Gasteiger partial charge in [-0.15, -0.1) is 0 Å². The summed E-state index contributed by atoms with van der Waals surface area (Å²) in [5.74, 6) is -0.203. The molecule has 8 heteroatoms. The van der Waals surface area contributed by atoms with Crippen LogP contribution in [0.1, 0.15) is 11.1 Å². The highest BCUT2D eigenvalue weighted by molar-refractivity contribution is 5.57. The number of alkyl halides is 2. The summed E-state index contributed by atoms with van der Waals surface area (Å²) < 4.78 is 29.8. The number of benzene rings is 1. The van der Waals surface area contributed by atoms with Crippen molar-refractivity contribution in [2.24, 2.45) is 0 Å². The van der Waals surface area contributed by atoms with Crippen molar-refractivity contribution in [3.63, 3.8) is 0 Å². The molecule has 0 saturated heterocycles. The molecule has 3 rings (SSSR count). The predicted octanol–water partition coefficient (Wildman–Crippen LogP) is 2.83. The molecule has 0 aliphatic rings. The van der Waals surface area contributed by atoms with Crippen molar-refractivity contribution < 1.29 is 13.5 Å². The number of ether oxygens (including phenoxy) is 1. The van der Waals surface area contributed by atoms with Crippen LogP contribution in [0.4, 0.5) is 8.78 Å². The smallest absolute Gasteiger partial charge is 0.388 e. The number of rotatable bonds is 5. The molecular weight excluding hydrogens is 342 g/mol. The third kappa shape index (κ3) is 4.08. The third-order valence-electron chi connectivity index (χ3n) is 3.50. The van der Waals surface area contributed by atoms with E-state index in [2.05, 4.69) is 14.8 Å². The first-order valence-electron chi connectivity index (χ1n) is 7.53. The molecule has 6 nitrogen and oxygen atoms in total. The Balaban J connectivity index is 1.87. The lowest BCUT2D eigenvalue weighted by atomic mass is 10.1. The number of hydrogen-bond donors (Lipinski definition) is 0. The number of halogens is 2. The van der Waals surface area contributed by atoms with Crippen molar-refractivity contribution in [3.8, 4) is 23.2 Å². The van der Waals surface area contributed by atoms with E-state index in [1.54, 1.807) is 24.3 Å². The topological polar surface area (TPSA) is 80.8 Å². The van der Waals surface area contributed by atoms with Crippen LogP contribution in [0.3, 0.4) is 0 Å². The van der Waals surface area contributed by atoms with Crippen LogP contribution in [-0.4, -0.2) is 21.4 Å². The lowest BCUT2D eigenvalue weighted by Crippen LogP contribution is -2.22. The van der Waals surface area contributed by atoms with E-state index in [-0.39, 0.29) is 18.0 Å². The molecule has 2 heterocycles. The maximum atomic E-state index is 12.2. The highest BCUT2D eigenvalue weighted by Crippen LogP contribution is 2.18. The van der Waals surface area contributed by atoms with Crippen molar-refractivity contribution in [3.05, 3.63) is 76.2 Å². The molecule has 0 saturated carbocycles. The SMILES string of the molecule is N#Cc1cccc(Cn2nc(-c3ccc(OC(F)F)nc3)ccc2=O)c1. The van der Waals surface area contributed by atoms with Crippen molar-refractivity contribution >= 4 is 0 Å². The van der Waals surface area contributed by atoms with Crippen LogP contribution < -0.4 is 10.3 Å². The molecule has 0 bridgehead atoms. The van der Waals surface area contributed by atoms with Gasteiger partial charge in [-0.3, -0.25) is 4.79 Å². The molecule has 0 aliphatic carbocycles. The molecular formula is C18H12F2N4O2. The summed E-state index contributed by atoms with van der Waals surface area (Å²) in [6, 6.07) is 14.6. The summed E-state index contributed by atoms with van der Waals surface area (Å²) in [5, 5.41) is 13.2. The van der Waals surface area contributed by atoms with Crippen LogP contribution in [0.5, 0.6) is 5.88 Å². The minimum Gasteiger partial charge on any atom is -0.417 e. The molecule has 0 fully saturated rings. The van der Waals surface area contributed by atoms with Gasteiger partial charge in [-0.1, -0.05) is 12.1 Å². The highest BCUT2D eigenvalue weighted by atomic mass is 19.3. The van der Waals surface area contributed by atoms with E-state index in [1.165, 1.54) is 35.1 Å². The van der Waals surface area contributed by atoms with E-state index in [4.69, 9.17) is 5.26 Å². The number of aromatic nitrogens is 3. The standard InChI is InChI=1S/C18H12F2N4O2/c19-18(20)26-16-6-4-14(10-22-16)15-5-7-17(25)24(23-15)11-13-3-1-2-12(8-13)9-21/h1-8,10,18H,11H2. The van der Waals surface area contributed by atoms with Crippen LogP contribution in [-0.2, 0) is 6.54 Å². The van der Waals surface area contributed by atoms with Gasteiger partial charge in [0.05, 0.1) is 23.9 Å². The fourth-order valence-corrected chi connectivity index (χ4v) is 2.32. The fraction of sp³-hybridized carbons (Fsp3) is 0.111. The third-order valence-corrected chi connectivity index (χ3v) is 3.50. The molecule has 3 aromatic rings. The molecule has 0 spiro atoms. The minimum absolute atomic E-state index is 0.197. The second-order valence-corrected chi connectivity index (χ2v) is 5.29. The summed E-state index contributed by atoms with van der Waals surface area (Å²) in [6.45, 7) is -2.75. The van der Waals surface area contributed by atoms with Crippen molar-refractivity contribution in [1.29, 1.82) is 5.26 Å². The molecule has 0 unspecified atom stereocenters. The van der Waals surface area contributed by atoms with Crippen molar-refractivity contribution in [1.82, 2.24) is 14.8 Å². The van der Waals surface area contributed by atoms with Gasteiger partial charge in [0.25, 0.3) is 5.56 Å². The average molecular weight is 354 g/mol. The number of nitrogens with zero attached hydrogens (tertiary/aromatic N) is 4. The monoisotopic (exact) mass is 354 g/mol. The minimum atomic E-state index is -2.95.